The predicted molar refractivity (Wildman–Crippen MR) is 103 cm³/mol. The van der Waals surface area contributed by atoms with Gasteiger partial charge in [-0.25, -0.2) is 4.68 Å². The molecule has 0 aliphatic carbocycles. The molecule has 0 unspecified atom stereocenters. The summed E-state index contributed by atoms with van der Waals surface area (Å²) in [5.74, 6) is 0.916. The molecular weight excluding hydrogens is 326 g/mol. The van der Waals surface area contributed by atoms with Gasteiger partial charge in [0.25, 0.3) is 5.91 Å². The quantitative estimate of drug-likeness (QED) is 0.656. The summed E-state index contributed by atoms with van der Waals surface area (Å²) in [6.45, 7) is 6.61. The van der Waals surface area contributed by atoms with Gasteiger partial charge >= 0.3 is 0 Å². The van der Waals surface area contributed by atoms with Gasteiger partial charge in [-0.1, -0.05) is 54.6 Å². The number of ether oxygens (including phenoxy) is 1. The van der Waals surface area contributed by atoms with Crippen LogP contribution in [0.1, 0.15) is 21.5 Å². The molecule has 1 heterocycles. The number of para-hydroxylation sites is 1. The van der Waals surface area contributed by atoms with E-state index in [9.17, 15) is 4.79 Å². The van der Waals surface area contributed by atoms with Crippen LogP contribution >= 0.6 is 0 Å². The van der Waals surface area contributed by atoms with Crippen LogP contribution in [0, 0.1) is 6.92 Å². The summed E-state index contributed by atoms with van der Waals surface area (Å²) in [5, 5.41) is 7.22. The molecule has 1 amide bonds. The highest BCUT2D eigenvalue weighted by atomic mass is 16.5. The van der Waals surface area contributed by atoms with Gasteiger partial charge in [-0.05, 0) is 24.6 Å². The van der Waals surface area contributed by atoms with Crippen LogP contribution in [0.3, 0.4) is 0 Å². The largest absolute Gasteiger partial charge is 0.489 e. The standard InChI is InChI=1S/C21H21N3O2/c1-3-14-26-19-7-5-4-6-18(19)21(25)23-20-12-13-22-24(20)15-17-10-8-16(2)9-11-17/h3-13H,1,14-15H2,2H3,(H,23,25). The second-order valence-electron chi connectivity index (χ2n) is 5.91. The Kier molecular flexibility index (Phi) is 5.49. The minimum atomic E-state index is -0.240. The van der Waals surface area contributed by atoms with Crippen molar-refractivity contribution in [1.29, 1.82) is 0 Å². The lowest BCUT2D eigenvalue weighted by molar-refractivity contribution is 0.102. The van der Waals surface area contributed by atoms with Crippen LogP contribution in [0.2, 0.25) is 0 Å². The average molecular weight is 347 g/mol. The molecule has 3 aromatic rings. The van der Waals surface area contributed by atoms with Crippen molar-refractivity contribution in [1.82, 2.24) is 9.78 Å². The summed E-state index contributed by atoms with van der Waals surface area (Å²) in [6, 6.07) is 17.1. The number of benzene rings is 2. The number of nitrogens with zero attached hydrogens (tertiary/aromatic N) is 2. The van der Waals surface area contributed by atoms with E-state index in [-0.39, 0.29) is 5.91 Å². The number of aromatic nitrogens is 2. The van der Waals surface area contributed by atoms with Gasteiger partial charge in [0.05, 0.1) is 18.3 Å². The zero-order valence-corrected chi connectivity index (χ0v) is 14.7. The van der Waals surface area contributed by atoms with Crippen molar-refractivity contribution in [3.05, 3.63) is 90.1 Å². The Bertz CT molecular complexity index is 898. The summed E-state index contributed by atoms with van der Waals surface area (Å²) < 4.78 is 7.32. The lowest BCUT2D eigenvalue weighted by Crippen LogP contribution is -2.17. The van der Waals surface area contributed by atoms with Crippen LogP contribution in [0.4, 0.5) is 5.82 Å². The van der Waals surface area contributed by atoms with Gasteiger partial charge in [0.15, 0.2) is 0 Å². The molecule has 26 heavy (non-hydrogen) atoms. The van der Waals surface area contributed by atoms with Gasteiger partial charge in [-0.15, -0.1) is 0 Å². The molecule has 0 saturated carbocycles. The zero-order valence-electron chi connectivity index (χ0n) is 14.7. The number of carbonyl (C=O) groups excluding carboxylic acids is 1. The highest BCUT2D eigenvalue weighted by Gasteiger charge is 2.14. The van der Waals surface area contributed by atoms with Crippen LogP contribution in [-0.4, -0.2) is 22.3 Å². The third-order valence-electron chi connectivity index (χ3n) is 3.90. The molecule has 5 nitrogen and oxygen atoms in total. The molecule has 0 saturated heterocycles. The number of anilines is 1. The van der Waals surface area contributed by atoms with E-state index in [1.54, 1.807) is 41.2 Å². The molecule has 132 valence electrons. The molecule has 0 aliphatic rings. The Morgan fingerprint density at radius 3 is 2.73 bits per heavy atom. The molecule has 0 spiro atoms. The van der Waals surface area contributed by atoms with Crippen molar-refractivity contribution in [3.63, 3.8) is 0 Å². The smallest absolute Gasteiger partial charge is 0.260 e. The number of aryl methyl sites for hydroxylation is 1. The molecule has 0 aliphatic heterocycles. The fourth-order valence-electron chi connectivity index (χ4n) is 2.54. The van der Waals surface area contributed by atoms with Crippen molar-refractivity contribution in [2.75, 3.05) is 11.9 Å². The summed E-state index contributed by atoms with van der Waals surface area (Å²) in [5.41, 5.74) is 2.79. The topological polar surface area (TPSA) is 56.1 Å². The highest BCUT2D eigenvalue weighted by molar-refractivity contribution is 6.05. The predicted octanol–water partition coefficient (Wildman–Crippen LogP) is 4.06. The van der Waals surface area contributed by atoms with E-state index >= 15 is 0 Å². The summed E-state index contributed by atoms with van der Waals surface area (Å²) in [4.78, 5) is 12.7. The number of carbonyl (C=O) groups is 1. The van der Waals surface area contributed by atoms with Gasteiger partial charge in [0.1, 0.15) is 18.2 Å². The summed E-state index contributed by atoms with van der Waals surface area (Å²) in [7, 11) is 0. The van der Waals surface area contributed by atoms with Crippen molar-refractivity contribution in [3.8, 4) is 5.75 Å². The van der Waals surface area contributed by atoms with Gasteiger partial charge in [0.2, 0.25) is 0 Å². The highest BCUT2D eigenvalue weighted by Crippen LogP contribution is 2.20. The Balaban J connectivity index is 1.76. The number of rotatable bonds is 7. The third-order valence-corrected chi connectivity index (χ3v) is 3.90. The SMILES string of the molecule is C=CCOc1ccccc1C(=O)Nc1ccnn1Cc1ccc(C)cc1. The monoisotopic (exact) mass is 347 g/mol. The van der Waals surface area contributed by atoms with E-state index in [0.29, 0.717) is 30.3 Å². The van der Waals surface area contributed by atoms with Gasteiger partial charge in [0, 0.05) is 6.07 Å². The second kappa shape index (κ2) is 8.16. The minimum absolute atomic E-state index is 0.240. The fourth-order valence-corrected chi connectivity index (χ4v) is 2.54. The van der Waals surface area contributed by atoms with Crippen molar-refractivity contribution in [2.24, 2.45) is 0 Å². The molecule has 0 radical (unpaired) electrons. The second-order valence-corrected chi connectivity index (χ2v) is 5.91. The van der Waals surface area contributed by atoms with Gasteiger partial charge in [-0.2, -0.15) is 5.10 Å². The molecular formula is C21H21N3O2. The molecule has 0 fully saturated rings. The van der Waals surface area contributed by atoms with Gasteiger partial charge in [-0.3, -0.25) is 4.79 Å². The Labute approximate surface area is 152 Å². The summed E-state index contributed by atoms with van der Waals surface area (Å²) in [6.07, 6.45) is 3.31. The first-order valence-corrected chi connectivity index (χ1v) is 8.39. The fraction of sp³-hybridized carbons (Fsp3) is 0.143. The first kappa shape index (κ1) is 17.5. The van der Waals surface area contributed by atoms with E-state index in [1.807, 2.05) is 6.07 Å². The van der Waals surface area contributed by atoms with Crippen LogP contribution in [0.5, 0.6) is 5.75 Å². The van der Waals surface area contributed by atoms with E-state index in [0.717, 1.165) is 5.56 Å². The van der Waals surface area contributed by atoms with E-state index in [4.69, 9.17) is 4.74 Å². The minimum Gasteiger partial charge on any atom is -0.489 e. The van der Waals surface area contributed by atoms with E-state index in [2.05, 4.69) is 48.2 Å². The molecule has 1 aromatic heterocycles. The Morgan fingerprint density at radius 1 is 1.19 bits per heavy atom. The maximum Gasteiger partial charge on any atom is 0.260 e. The van der Waals surface area contributed by atoms with Crippen molar-refractivity contribution in [2.45, 2.75) is 13.5 Å². The maximum absolute atomic E-state index is 12.7. The van der Waals surface area contributed by atoms with E-state index in [1.165, 1.54) is 5.56 Å². The first-order valence-electron chi connectivity index (χ1n) is 8.39. The van der Waals surface area contributed by atoms with Crippen molar-refractivity contribution >= 4 is 11.7 Å². The number of nitrogens with one attached hydrogen (secondary N) is 1. The van der Waals surface area contributed by atoms with Crippen LogP contribution in [0.15, 0.2) is 73.4 Å². The molecule has 2 aromatic carbocycles. The van der Waals surface area contributed by atoms with Crippen LogP contribution in [-0.2, 0) is 6.54 Å². The van der Waals surface area contributed by atoms with Crippen molar-refractivity contribution < 1.29 is 9.53 Å². The first-order chi connectivity index (χ1) is 12.7. The van der Waals surface area contributed by atoms with Crippen LogP contribution < -0.4 is 10.1 Å². The molecule has 1 N–H and O–H groups in total. The molecule has 0 bridgehead atoms. The maximum atomic E-state index is 12.7. The van der Waals surface area contributed by atoms with E-state index < -0.39 is 0 Å². The van der Waals surface area contributed by atoms with Crippen LogP contribution in [0.25, 0.3) is 0 Å². The third kappa shape index (κ3) is 4.19. The average Bonchev–Trinajstić information content (AvgIpc) is 3.08. The lowest BCUT2D eigenvalue weighted by Gasteiger charge is -2.12. The lowest BCUT2D eigenvalue weighted by atomic mass is 10.1. The normalized spacial score (nSPS) is 10.3. The Morgan fingerprint density at radius 2 is 1.96 bits per heavy atom. The number of amides is 1. The number of hydrogen-bond donors (Lipinski definition) is 1. The number of hydrogen-bond acceptors (Lipinski definition) is 3. The summed E-state index contributed by atoms with van der Waals surface area (Å²) >= 11 is 0. The van der Waals surface area contributed by atoms with Gasteiger partial charge < -0.3 is 10.1 Å². The molecule has 5 heteroatoms. The molecule has 3 rings (SSSR count). The molecule has 0 atom stereocenters. The Hall–Kier alpha value is -3.34. The zero-order chi connectivity index (χ0) is 18.4.